The maximum atomic E-state index is 12.2. The van der Waals surface area contributed by atoms with Crippen molar-refractivity contribution in [2.45, 2.75) is 77.3 Å². The lowest BCUT2D eigenvalue weighted by atomic mass is 10.1. The summed E-state index contributed by atoms with van der Waals surface area (Å²) in [4.78, 5) is 14.4. The predicted molar refractivity (Wildman–Crippen MR) is 160 cm³/mol. The van der Waals surface area contributed by atoms with Crippen molar-refractivity contribution in [3.05, 3.63) is 42.4 Å². The van der Waals surface area contributed by atoms with Gasteiger partial charge < -0.3 is 24.4 Å². The summed E-state index contributed by atoms with van der Waals surface area (Å²) >= 11 is 0. The zero-order valence-electron chi connectivity index (χ0n) is 25.2. The normalized spacial score (nSPS) is 19.4. The number of rotatable bonds is 7. The zero-order valence-corrected chi connectivity index (χ0v) is 25.2. The number of carbonyl (C=O) groups excluding carboxylic acids is 1. The Bertz CT molecular complexity index is 1550. The maximum Gasteiger partial charge on any atom is 0.407 e. The maximum absolute atomic E-state index is 12.2. The second kappa shape index (κ2) is 12.2. The van der Waals surface area contributed by atoms with Gasteiger partial charge in [0.25, 0.3) is 0 Å². The van der Waals surface area contributed by atoms with E-state index in [1.165, 1.54) is 0 Å². The molecule has 228 valence electrons. The van der Waals surface area contributed by atoms with Gasteiger partial charge in [-0.3, -0.25) is 0 Å². The van der Waals surface area contributed by atoms with E-state index < -0.39 is 11.7 Å². The van der Waals surface area contributed by atoms with Crippen molar-refractivity contribution in [3.63, 3.8) is 0 Å². The molecule has 1 amide bonds. The summed E-state index contributed by atoms with van der Waals surface area (Å²) in [7, 11) is 1.66. The SMILES string of the molecule is COc1cc(-c2cn(Cc3ccc(N4CCC[C@@H](NC(=O)OC(C)(C)C)C4)nn3)nn2)c2cnn(C3CCCCO3)c2c1. The first-order valence-corrected chi connectivity index (χ1v) is 14.9. The van der Waals surface area contributed by atoms with Gasteiger partial charge in [0, 0.05) is 42.8 Å². The van der Waals surface area contributed by atoms with E-state index >= 15 is 0 Å². The number of methoxy groups -OCH3 is 1. The highest BCUT2D eigenvalue weighted by molar-refractivity contribution is 5.95. The molecule has 0 aliphatic carbocycles. The van der Waals surface area contributed by atoms with E-state index in [4.69, 9.17) is 14.2 Å². The van der Waals surface area contributed by atoms with Crippen LogP contribution in [0.4, 0.5) is 10.6 Å². The molecule has 4 aromatic rings. The second-order valence-corrected chi connectivity index (χ2v) is 12.1. The molecule has 1 unspecified atom stereocenters. The smallest absolute Gasteiger partial charge is 0.407 e. The minimum absolute atomic E-state index is 0.0102. The number of piperidine rings is 1. The largest absolute Gasteiger partial charge is 0.497 e. The Hall–Kier alpha value is -4.26. The van der Waals surface area contributed by atoms with Gasteiger partial charge in [-0.1, -0.05) is 5.21 Å². The summed E-state index contributed by atoms with van der Waals surface area (Å²) in [6.45, 7) is 8.24. The number of carbonyl (C=O) groups is 1. The number of alkyl carbamates (subject to hydrolysis) is 1. The van der Waals surface area contributed by atoms with E-state index in [2.05, 4.69) is 35.8 Å². The molecule has 2 fully saturated rings. The monoisotopic (exact) mass is 589 g/mol. The molecular weight excluding hydrogens is 550 g/mol. The molecule has 0 radical (unpaired) electrons. The van der Waals surface area contributed by atoms with Crippen LogP contribution < -0.4 is 15.0 Å². The van der Waals surface area contributed by atoms with Crippen LogP contribution in [-0.4, -0.2) is 79.5 Å². The highest BCUT2D eigenvalue weighted by Crippen LogP contribution is 2.35. The minimum atomic E-state index is -0.530. The molecule has 13 nitrogen and oxygen atoms in total. The quantitative estimate of drug-likeness (QED) is 0.332. The highest BCUT2D eigenvalue weighted by Gasteiger charge is 2.25. The Kier molecular flexibility index (Phi) is 8.15. The molecule has 2 aliphatic heterocycles. The fourth-order valence-corrected chi connectivity index (χ4v) is 5.64. The first kappa shape index (κ1) is 28.8. The molecule has 2 saturated heterocycles. The highest BCUT2D eigenvalue weighted by atomic mass is 16.6. The average molecular weight is 590 g/mol. The summed E-state index contributed by atoms with van der Waals surface area (Å²) in [6.07, 6.45) is 8.24. The molecule has 5 heterocycles. The third kappa shape index (κ3) is 6.71. The van der Waals surface area contributed by atoms with Gasteiger partial charge in [-0.25, -0.2) is 14.2 Å². The topological polar surface area (TPSA) is 134 Å². The van der Waals surface area contributed by atoms with Crippen LogP contribution in [-0.2, 0) is 16.0 Å². The Labute approximate surface area is 250 Å². The molecule has 0 spiro atoms. The number of ether oxygens (including phenoxy) is 3. The Morgan fingerprint density at radius 1 is 1.12 bits per heavy atom. The lowest BCUT2D eigenvalue weighted by Crippen LogP contribution is -2.49. The van der Waals surface area contributed by atoms with Crippen molar-refractivity contribution in [2.24, 2.45) is 0 Å². The van der Waals surface area contributed by atoms with Crippen LogP contribution in [0.3, 0.4) is 0 Å². The fourth-order valence-electron chi connectivity index (χ4n) is 5.64. The predicted octanol–water partition coefficient (Wildman–Crippen LogP) is 4.33. The van der Waals surface area contributed by atoms with Crippen molar-refractivity contribution in [1.29, 1.82) is 0 Å². The molecule has 0 saturated carbocycles. The van der Waals surface area contributed by atoms with Gasteiger partial charge in [0.1, 0.15) is 17.0 Å². The van der Waals surface area contributed by atoms with Crippen molar-refractivity contribution in [1.82, 2.24) is 40.3 Å². The number of amides is 1. The zero-order chi connectivity index (χ0) is 30.0. The van der Waals surface area contributed by atoms with E-state index in [0.29, 0.717) is 13.1 Å². The summed E-state index contributed by atoms with van der Waals surface area (Å²) in [5.74, 6) is 1.49. The van der Waals surface area contributed by atoms with Gasteiger partial charge in [0.2, 0.25) is 0 Å². The van der Waals surface area contributed by atoms with E-state index in [9.17, 15) is 4.79 Å². The first-order chi connectivity index (χ1) is 20.8. The van der Waals surface area contributed by atoms with E-state index in [1.807, 2.05) is 62.1 Å². The number of nitrogens with zero attached hydrogens (tertiary/aromatic N) is 8. The first-order valence-electron chi connectivity index (χ1n) is 14.9. The van der Waals surface area contributed by atoms with E-state index in [0.717, 1.165) is 84.7 Å². The third-order valence-corrected chi connectivity index (χ3v) is 7.66. The average Bonchev–Trinajstić information content (AvgIpc) is 3.64. The molecule has 13 heteroatoms. The number of hydrogen-bond acceptors (Lipinski definition) is 10. The third-order valence-electron chi connectivity index (χ3n) is 7.66. The molecule has 2 aliphatic rings. The molecular formula is C30H39N9O4. The van der Waals surface area contributed by atoms with Crippen LogP contribution in [0.5, 0.6) is 5.75 Å². The second-order valence-electron chi connectivity index (χ2n) is 12.1. The summed E-state index contributed by atoms with van der Waals surface area (Å²) in [5, 5.41) is 26.4. The van der Waals surface area contributed by atoms with Crippen LogP contribution >= 0.6 is 0 Å². The van der Waals surface area contributed by atoms with E-state index in [1.54, 1.807) is 11.8 Å². The number of benzene rings is 1. The molecule has 43 heavy (non-hydrogen) atoms. The number of aromatic nitrogens is 7. The van der Waals surface area contributed by atoms with Gasteiger partial charge in [0.05, 0.1) is 37.3 Å². The molecule has 2 atom stereocenters. The minimum Gasteiger partial charge on any atom is -0.497 e. The molecule has 1 aromatic carbocycles. The fraction of sp³-hybridized carbons (Fsp3) is 0.533. The molecule has 3 aromatic heterocycles. The Balaban J connectivity index is 1.13. The number of hydrogen-bond donors (Lipinski definition) is 1. The number of nitrogens with one attached hydrogen (secondary N) is 1. The van der Waals surface area contributed by atoms with Gasteiger partial charge >= 0.3 is 6.09 Å². The van der Waals surface area contributed by atoms with Crippen molar-refractivity contribution in [3.8, 4) is 17.0 Å². The van der Waals surface area contributed by atoms with Gasteiger partial charge in [-0.2, -0.15) is 10.2 Å². The van der Waals surface area contributed by atoms with Crippen molar-refractivity contribution in [2.75, 3.05) is 31.7 Å². The molecule has 6 rings (SSSR count). The lowest BCUT2D eigenvalue weighted by Gasteiger charge is -2.34. The lowest BCUT2D eigenvalue weighted by molar-refractivity contribution is -0.0366. The van der Waals surface area contributed by atoms with Gasteiger partial charge in [-0.15, -0.1) is 10.2 Å². The van der Waals surface area contributed by atoms with Crippen LogP contribution in [0.2, 0.25) is 0 Å². The molecule has 1 N–H and O–H groups in total. The number of anilines is 1. The summed E-state index contributed by atoms with van der Waals surface area (Å²) in [6, 6.07) is 7.85. The van der Waals surface area contributed by atoms with Crippen LogP contribution in [0, 0.1) is 0 Å². The van der Waals surface area contributed by atoms with Crippen LogP contribution in [0.25, 0.3) is 22.2 Å². The van der Waals surface area contributed by atoms with Gasteiger partial charge in [-0.05, 0) is 71.1 Å². The Morgan fingerprint density at radius 2 is 2.00 bits per heavy atom. The van der Waals surface area contributed by atoms with Crippen LogP contribution in [0.15, 0.2) is 36.7 Å². The standard InChI is InChI=1S/C30H39N9O4/c1-30(2,3)43-29(40)32-20-8-7-12-37(17-20)27-11-10-21(33-35-27)18-38-19-25(34-36-38)23-14-22(41-4)15-26-24(23)16-31-39(26)28-9-5-6-13-42-28/h10-11,14-16,19-20,28H,5-9,12-13,17-18H2,1-4H3,(H,32,40)/t20-,28?/m1/s1. The van der Waals surface area contributed by atoms with E-state index in [-0.39, 0.29) is 12.3 Å². The van der Waals surface area contributed by atoms with Gasteiger partial charge in [0.15, 0.2) is 12.0 Å². The van der Waals surface area contributed by atoms with Crippen molar-refractivity contribution >= 4 is 22.8 Å². The molecule has 0 bridgehead atoms. The summed E-state index contributed by atoms with van der Waals surface area (Å²) in [5.41, 5.74) is 2.79. The van der Waals surface area contributed by atoms with Crippen molar-refractivity contribution < 1.29 is 19.0 Å². The van der Waals surface area contributed by atoms with Crippen LogP contribution in [0.1, 0.15) is 64.8 Å². The Morgan fingerprint density at radius 3 is 2.74 bits per heavy atom. The summed E-state index contributed by atoms with van der Waals surface area (Å²) < 4.78 is 20.7. The number of fused-ring (bicyclic) bond motifs is 1.